The molecule has 0 amide bonds. The van der Waals surface area contributed by atoms with Crippen molar-refractivity contribution in [2.75, 3.05) is 6.61 Å². The van der Waals surface area contributed by atoms with Gasteiger partial charge in [-0.1, -0.05) is 17.7 Å². The standard InChI is InChI=1S/C14H19ClN2O/c1-10(17)11-4-5-13(12(15)8-11)18-7-6-14(2,3)9-16/h4-5,8,10H,6-7,17H2,1-3H3. The van der Waals surface area contributed by atoms with E-state index < -0.39 is 0 Å². The van der Waals surface area contributed by atoms with Crippen molar-refractivity contribution in [3.8, 4) is 11.8 Å². The summed E-state index contributed by atoms with van der Waals surface area (Å²) in [5.74, 6) is 0.634. The average molecular weight is 267 g/mol. The molecule has 2 N–H and O–H groups in total. The number of nitriles is 1. The number of ether oxygens (including phenoxy) is 1. The Bertz CT molecular complexity index is 450. The Balaban J connectivity index is 2.62. The van der Waals surface area contributed by atoms with Crippen molar-refractivity contribution >= 4 is 11.6 Å². The number of nitrogens with zero attached hydrogens (tertiary/aromatic N) is 1. The predicted molar refractivity (Wildman–Crippen MR) is 73.6 cm³/mol. The van der Waals surface area contributed by atoms with Crippen LogP contribution < -0.4 is 10.5 Å². The first kappa shape index (κ1) is 14.8. The van der Waals surface area contributed by atoms with Gasteiger partial charge >= 0.3 is 0 Å². The van der Waals surface area contributed by atoms with E-state index in [0.717, 1.165) is 5.56 Å². The highest BCUT2D eigenvalue weighted by Gasteiger charge is 2.16. The number of nitrogens with two attached hydrogens (primary N) is 1. The summed E-state index contributed by atoms with van der Waals surface area (Å²) in [4.78, 5) is 0. The first-order valence-electron chi connectivity index (χ1n) is 5.95. The molecule has 1 aromatic carbocycles. The van der Waals surface area contributed by atoms with Crippen molar-refractivity contribution in [3.63, 3.8) is 0 Å². The molecule has 1 atom stereocenters. The molecule has 0 aromatic heterocycles. The third kappa shape index (κ3) is 4.21. The van der Waals surface area contributed by atoms with E-state index in [4.69, 9.17) is 27.3 Å². The number of benzene rings is 1. The van der Waals surface area contributed by atoms with Gasteiger partial charge in [0.25, 0.3) is 0 Å². The van der Waals surface area contributed by atoms with Gasteiger partial charge in [0.2, 0.25) is 0 Å². The summed E-state index contributed by atoms with van der Waals surface area (Å²) < 4.78 is 5.59. The Labute approximate surface area is 114 Å². The van der Waals surface area contributed by atoms with Gasteiger partial charge in [-0.25, -0.2) is 0 Å². The predicted octanol–water partition coefficient (Wildman–Crippen LogP) is 3.68. The van der Waals surface area contributed by atoms with Crippen LogP contribution in [0.25, 0.3) is 0 Å². The monoisotopic (exact) mass is 266 g/mol. The van der Waals surface area contributed by atoms with Crippen LogP contribution in [0.5, 0.6) is 5.75 Å². The largest absolute Gasteiger partial charge is 0.492 e. The molecule has 0 aliphatic carbocycles. The Morgan fingerprint density at radius 1 is 1.50 bits per heavy atom. The summed E-state index contributed by atoms with van der Waals surface area (Å²) in [6, 6.07) is 7.73. The van der Waals surface area contributed by atoms with E-state index >= 15 is 0 Å². The second kappa shape index (κ2) is 6.08. The highest BCUT2D eigenvalue weighted by atomic mass is 35.5. The van der Waals surface area contributed by atoms with Gasteiger partial charge in [-0.05, 0) is 44.9 Å². The van der Waals surface area contributed by atoms with E-state index in [1.807, 2.05) is 39.0 Å². The normalized spacial score (nSPS) is 12.9. The molecule has 18 heavy (non-hydrogen) atoms. The van der Waals surface area contributed by atoms with E-state index in [0.29, 0.717) is 23.8 Å². The van der Waals surface area contributed by atoms with E-state index in [2.05, 4.69) is 6.07 Å². The molecule has 0 spiro atoms. The van der Waals surface area contributed by atoms with Crippen LogP contribution in [-0.4, -0.2) is 6.61 Å². The molecule has 0 aliphatic heterocycles. The second-order valence-electron chi connectivity index (χ2n) is 5.07. The summed E-state index contributed by atoms with van der Waals surface area (Å²) >= 11 is 6.11. The zero-order valence-electron chi connectivity index (χ0n) is 11.0. The summed E-state index contributed by atoms with van der Waals surface area (Å²) in [6.45, 7) is 6.15. The summed E-state index contributed by atoms with van der Waals surface area (Å²) in [5.41, 5.74) is 6.37. The van der Waals surface area contributed by atoms with Gasteiger partial charge in [0.1, 0.15) is 5.75 Å². The minimum Gasteiger partial charge on any atom is -0.492 e. The summed E-state index contributed by atoms with van der Waals surface area (Å²) in [7, 11) is 0. The number of halogens is 1. The van der Waals surface area contributed by atoms with Gasteiger partial charge in [0, 0.05) is 6.04 Å². The SMILES string of the molecule is CC(N)c1ccc(OCCC(C)(C)C#N)c(Cl)c1. The first-order chi connectivity index (χ1) is 8.35. The maximum Gasteiger partial charge on any atom is 0.137 e. The van der Waals surface area contributed by atoms with Gasteiger partial charge in [-0.2, -0.15) is 5.26 Å². The molecular formula is C14H19ClN2O. The number of hydrogen-bond donors (Lipinski definition) is 1. The van der Waals surface area contributed by atoms with Crippen molar-refractivity contribution in [1.29, 1.82) is 5.26 Å². The van der Waals surface area contributed by atoms with E-state index in [9.17, 15) is 0 Å². The van der Waals surface area contributed by atoms with Crippen LogP contribution in [0.3, 0.4) is 0 Å². The van der Waals surface area contributed by atoms with Crippen molar-refractivity contribution in [2.45, 2.75) is 33.2 Å². The highest BCUT2D eigenvalue weighted by molar-refractivity contribution is 6.32. The fourth-order valence-corrected chi connectivity index (χ4v) is 1.63. The van der Waals surface area contributed by atoms with Crippen molar-refractivity contribution in [1.82, 2.24) is 0 Å². The molecule has 0 bridgehead atoms. The molecule has 98 valence electrons. The van der Waals surface area contributed by atoms with Crippen LogP contribution in [-0.2, 0) is 0 Å². The Hall–Kier alpha value is -1.24. The molecule has 0 saturated heterocycles. The van der Waals surface area contributed by atoms with Crippen LogP contribution in [0.4, 0.5) is 0 Å². The maximum atomic E-state index is 8.90. The Morgan fingerprint density at radius 3 is 2.67 bits per heavy atom. The molecule has 0 fully saturated rings. The van der Waals surface area contributed by atoms with Crippen LogP contribution in [0.1, 0.15) is 38.8 Å². The third-order valence-corrected chi connectivity index (χ3v) is 3.06. The lowest BCUT2D eigenvalue weighted by Gasteiger charge is -2.16. The molecular weight excluding hydrogens is 248 g/mol. The quantitative estimate of drug-likeness (QED) is 0.884. The van der Waals surface area contributed by atoms with Crippen LogP contribution in [0, 0.1) is 16.7 Å². The lowest BCUT2D eigenvalue weighted by atomic mass is 9.92. The molecule has 0 heterocycles. The second-order valence-corrected chi connectivity index (χ2v) is 5.48. The van der Waals surface area contributed by atoms with Crippen molar-refractivity contribution < 1.29 is 4.74 Å². The minimum atomic E-state index is -0.377. The number of hydrogen-bond acceptors (Lipinski definition) is 3. The lowest BCUT2D eigenvalue weighted by molar-refractivity contribution is 0.264. The topological polar surface area (TPSA) is 59.0 Å². The zero-order chi connectivity index (χ0) is 13.8. The molecule has 0 radical (unpaired) electrons. The molecule has 0 aliphatic rings. The van der Waals surface area contributed by atoms with Gasteiger partial charge in [0.15, 0.2) is 0 Å². The lowest BCUT2D eigenvalue weighted by Crippen LogP contribution is -2.13. The van der Waals surface area contributed by atoms with E-state index in [1.54, 1.807) is 0 Å². The van der Waals surface area contributed by atoms with Crippen LogP contribution >= 0.6 is 11.6 Å². The zero-order valence-corrected chi connectivity index (χ0v) is 11.8. The van der Waals surface area contributed by atoms with Crippen molar-refractivity contribution in [2.24, 2.45) is 11.1 Å². The smallest absolute Gasteiger partial charge is 0.137 e. The summed E-state index contributed by atoms with van der Waals surface area (Å²) in [6.07, 6.45) is 0.662. The molecule has 1 rings (SSSR count). The molecule has 3 nitrogen and oxygen atoms in total. The van der Waals surface area contributed by atoms with Crippen molar-refractivity contribution in [3.05, 3.63) is 28.8 Å². The summed E-state index contributed by atoms with van der Waals surface area (Å²) in [5, 5.41) is 9.45. The molecule has 1 unspecified atom stereocenters. The van der Waals surface area contributed by atoms with E-state index in [-0.39, 0.29) is 11.5 Å². The van der Waals surface area contributed by atoms with Crippen LogP contribution in [0.15, 0.2) is 18.2 Å². The third-order valence-electron chi connectivity index (χ3n) is 2.77. The number of rotatable bonds is 5. The van der Waals surface area contributed by atoms with Gasteiger partial charge in [-0.15, -0.1) is 0 Å². The fraction of sp³-hybridized carbons (Fsp3) is 0.500. The van der Waals surface area contributed by atoms with Gasteiger partial charge in [0.05, 0.1) is 23.1 Å². The highest BCUT2D eigenvalue weighted by Crippen LogP contribution is 2.28. The fourth-order valence-electron chi connectivity index (χ4n) is 1.39. The van der Waals surface area contributed by atoms with E-state index in [1.165, 1.54) is 0 Å². The molecule has 0 saturated carbocycles. The minimum absolute atomic E-state index is 0.0472. The van der Waals surface area contributed by atoms with Gasteiger partial charge < -0.3 is 10.5 Å². The van der Waals surface area contributed by atoms with Gasteiger partial charge in [-0.3, -0.25) is 0 Å². The van der Waals surface area contributed by atoms with Crippen LogP contribution in [0.2, 0.25) is 5.02 Å². The molecule has 4 heteroatoms. The average Bonchev–Trinajstić information content (AvgIpc) is 2.31. The Morgan fingerprint density at radius 2 is 2.17 bits per heavy atom. The Kier molecular flexibility index (Phi) is 5.01. The molecule has 1 aromatic rings. The maximum absolute atomic E-state index is 8.90. The first-order valence-corrected chi connectivity index (χ1v) is 6.32.